The maximum absolute atomic E-state index is 13.7. The number of carbonyl (C=O) groups excluding carboxylic acids is 1. The van der Waals surface area contributed by atoms with Crippen molar-refractivity contribution in [3.8, 4) is 0 Å². The number of nitrogens with one attached hydrogen (secondary N) is 1. The van der Waals surface area contributed by atoms with Gasteiger partial charge in [0.1, 0.15) is 5.82 Å². The summed E-state index contributed by atoms with van der Waals surface area (Å²) >= 11 is 1.64. The third-order valence-corrected chi connectivity index (χ3v) is 4.91. The number of para-hydroxylation sites is 1. The van der Waals surface area contributed by atoms with Crippen LogP contribution >= 0.6 is 11.3 Å². The Labute approximate surface area is 152 Å². The second kappa shape index (κ2) is 8.01. The third-order valence-electron chi connectivity index (χ3n) is 3.82. The predicted octanol–water partition coefficient (Wildman–Crippen LogP) is 4.70. The first-order valence-corrected chi connectivity index (χ1v) is 8.93. The number of aromatic nitrogens is 1. The van der Waals surface area contributed by atoms with E-state index in [1.807, 2.05) is 24.3 Å². The van der Waals surface area contributed by atoms with Crippen molar-refractivity contribution in [1.82, 2.24) is 4.98 Å². The van der Waals surface area contributed by atoms with Crippen molar-refractivity contribution in [2.45, 2.75) is 25.7 Å². The molecule has 0 radical (unpaired) electrons. The van der Waals surface area contributed by atoms with Crippen LogP contribution in [-0.2, 0) is 11.2 Å². The van der Waals surface area contributed by atoms with Gasteiger partial charge < -0.3 is 5.32 Å². The molecule has 1 amide bonds. The number of aryl methyl sites for hydroxylation is 1. The molecular formula is C18H16FN3O3S. The summed E-state index contributed by atoms with van der Waals surface area (Å²) in [4.78, 5) is 26.6. The number of fused-ring (bicyclic) bond motifs is 1. The summed E-state index contributed by atoms with van der Waals surface area (Å²) in [5.74, 6) is -1.06. The molecule has 1 N–H and O–H groups in total. The van der Waals surface area contributed by atoms with Crippen molar-refractivity contribution in [1.29, 1.82) is 0 Å². The Morgan fingerprint density at radius 1 is 1.23 bits per heavy atom. The fourth-order valence-electron chi connectivity index (χ4n) is 2.52. The second-order valence-corrected chi connectivity index (χ2v) is 6.87. The van der Waals surface area contributed by atoms with Gasteiger partial charge in [0.15, 0.2) is 0 Å². The van der Waals surface area contributed by atoms with Crippen LogP contribution in [0.5, 0.6) is 0 Å². The minimum atomic E-state index is -0.696. The number of nitro groups is 1. The summed E-state index contributed by atoms with van der Waals surface area (Å²) in [6.45, 7) is 0. The third kappa shape index (κ3) is 4.40. The highest BCUT2D eigenvalue weighted by atomic mass is 32.1. The molecule has 0 atom stereocenters. The van der Waals surface area contributed by atoms with E-state index in [4.69, 9.17) is 0 Å². The summed E-state index contributed by atoms with van der Waals surface area (Å²) in [6, 6.07) is 11.0. The lowest BCUT2D eigenvalue weighted by Gasteiger charge is -2.06. The fraction of sp³-hybridized carbons (Fsp3) is 0.222. The quantitative estimate of drug-likeness (QED) is 0.370. The molecule has 0 unspecified atom stereocenters. The van der Waals surface area contributed by atoms with E-state index in [1.54, 1.807) is 11.3 Å². The van der Waals surface area contributed by atoms with Gasteiger partial charge in [-0.3, -0.25) is 14.9 Å². The van der Waals surface area contributed by atoms with Crippen molar-refractivity contribution in [3.63, 3.8) is 0 Å². The SMILES string of the molecule is O=C(CCCCc1nc2ccccc2s1)Nc1cc([N+](=O)[O-])ccc1F. The number of thiazole rings is 1. The first-order chi connectivity index (χ1) is 12.5. The smallest absolute Gasteiger partial charge is 0.271 e. The zero-order valence-corrected chi connectivity index (χ0v) is 14.6. The predicted molar refractivity (Wildman–Crippen MR) is 98.9 cm³/mol. The van der Waals surface area contributed by atoms with E-state index < -0.39 is 10.7 Å². The average molecular weight is 373 g/mol. The standard InChI is InChI=1S/C18H16FN3O3S/c19-13-10-9-12(22(24)25)11-15(13)20-17(23)7-3-4-8-18-21-14-5-1-2-6-16(14)26-18/h1-2,5-6,9-11H,3-4,7-8H2,(H,20,23). The Balaban J connectivity index is 1.48. The van der Waals surface area contributed by atoms with Crippen molar-refractivity contribution in [2.24, 2.45) is 0 Å². The van der Waals surface area contributed by atoms with E-state index >= 15 is 0 Å². The largest absolute Gasteiger partial charge is 0.323 e. The molecule has 0 saturated carbocycles. The molecule has 26 heavy (non-hydrogen) atoms. The van der Waals surface area contributed by atoms with Crippen LogP contribution in [0.3, 0.4) is 0 Å². The summed E-state index contributed by atoms with van der Waals surface area (Å²) in [7, 11) is 0. The Morgan fingerprint density at radius 3 is 2.81 bits per heavy atom. The van der Waals surface area contributed by atoms with Gasteiger partial charge in [-0.1, -0.05) is 12.1 Å². The van der Waals surface area contributed by atoms with Gasteiger partial charge in [0.25, 0.3) is 5.69 Å². The fourth-order valence-corrected chi connectivity index (χ4v) is 3.53. The van der Waals surface area contributed by atoms with Gasteiger partial charge in [0.2, 0.25) is 5.91 Å². The van der Waals surface area contributed by atoms with Gasteiger partial charge in [-0.15, -0.1) is 11.3 Å². The number of halogens is 1. The molecule has 6 nitrogen and oxygen atoms in total. The van der Waals surface area contributed by atoms with Gasteiger partial charge in [-0.2, -0.15) is 0 Å². The van der Waals surface area contributed by atoms with Crippen molar-refractivity contribution in [3.05, 3.63) is 63.4 Å². The normalized spacial score (nSPS) is 10.8. The molecule has 0 aliphatic carbocycles. The highest BCUT2D eigenvalue weighted by Crippen LogP contribution is 2.23. The van der Waals surface area contributed by atoms with Gasteiger partial charge in [-0.05, 0) is 37.5 Å². The lowest BCUT2D eigenvalue weighted by molar-refractivity contribution is -0.384. The van der Waals surface area contributed by atoms with Crippen LogP contribution in [0.15, 0.2) is 42.5 Å². The Kier molecular flexibility index (Phi) is 5.52. The van der Waals surface area contributed by atoms with E-state index in [0.717, 1.165) is 46.3 Å². The van der Waals surface area contributed by atoms with Crippen molar-refractivity contribution >= 4 is 38.8 Å². The molecule has 3 aromatic rings. The zero-order valence-electron chi connectivity index (χ0n) is 13.8. The monoisotopic (exact) mass is 373 g/mol. The minimum absolute atomic E-state index is 0.171. The van der Waals surface area contributed by atoms with Crippen LogP contribution in [0.4, 0.5) is 15.8 Å². The maximum Gasteiger partial charge on any atom is 0.271 e. The van der Waals surface area contributed by atoms with Crippen LogP contribution in [-0.4, -0.2) is 15.8 Å². The number of unbranched alkanes of at least 4 members (excludes halogenated alkanes) is 1. The number of amides is 1. The summed E-state index contributed by atoms with van der Waals surface area (Å²) in [6.07, 6.45) is 2.40. The maximum atomic E-state index is 13.7. The number of carbonyl (C=O) groups is 1. The number of nitrogens with zero attached hydrogens (tertiary/aromatic N) is 2. The van der Waals surface area contributed by atoms with E-state index in [0.29, 0.717) is 6.42 Å². The zero-order chi connectivity index (χ0) is 18.5. The Bertz CT molecular complexity index is 925. The molecule has 2 aromatic carbocycles. The molecule has 8 heteroatoms. The lowest BCUT2D eigenvalue weighted by Crippen LogP contribution is -2.12. The topological polar surface area (TPSA) is 85.1 Å². The van der Waals surface area contributed by atoms with Gasteiger partial charge in [-0.25, -0.2) is 9.37 Å². The van der Waals surface area contributed by atoms with Crippen molar-refractivity contribution in [2.75, 3.05) is 5.32 Å². The van der Waals surface area contributed by atoms with Crippen LogP contribution in [0, 0.1) is 15.9 Å². The number of hydrogen-bond acceptors (Lipinski definition) is 5. The number of rotatable bonds is 7. The molecule has 0 fully saturated rings. The van der Waals surface area contributed by atoms with E-state index in [2.05, 4.69) is 10.3 Å². The molecule has 0 aliphatic rings. The van der Waals surface area contributed by atoms with Gasteiger partial charge >= 0.3 is 0 Å². The number of benzene rings is 2. The summed E-state index contributed by atoms with van der Waals surface area (Å²) in [5.41, 5.74) is 0.541. The number of hydrogen-bond donors (Lipinski definition) is 1. The van der Waals surface area contributed by atoms with Crippen LogP contribution < -0.4 is 5.32 Å². The molecule has 1 heterocycles. The first-order valence-electron chi connectivity index (χ1n) is 8.11. The molecule has 1 aromatic heterocycles. The average Bonchev–Trinajstić information content (AvgIpc) is 3.03. The molecule has 0 aliphatic heterocycles. The number of nitro benzene ring substituents is 1. The second-order valence-electron chi connectivity index (χ2n) is 5.75. The lowest BCUT2D eigenvalue weighted by atomic mass is 10.2. The molecular weight excluding hydrogens is 357 g/mol. The van der Waals surface area contributed by atoms with Gasteiger partial charge in [0.05, 0.1) is 25.8 Å². The van der Waals surface area contributed by atoms with Crippen LogP contribution in [0.25, 0.3) is 10.2 Å². The Hall–Kier alpha value is -2.87. The van der Waals surface area contributed by atoms with Crippen LogP contribution in [0.1, 0.15) is 24.3 Å². The van der Waals surface area contributed by atoms with E-state index in [9.17, 15) is 19.3 Å². The number of anilines is 1. The Morgan fingerprint density at radius 2 is 2.04 bits per heavy atom. The molecule has 0 spiro atoms. The van der Waals surface area contributed by atoms with Gasteiger partial charge in [0, 0.05) is 18.6 Å². The first kappa shape index (κ1) is 17.9. The van der Waals surface area contributed by atoms with Crippen molar-refractivity contribution < 1.29 is 14.1 Å². The van der Waals surface area contributed by atoms with E-state index in [-0.39, 0.29) is 23.7 Å². The molecule has 134 valence electrons. The summed E-state index contributed by atoms with van der Waals surface area (Å²) in [5, 5.41) is 14.1. The molecule has 0 saturated heterocycles. The molecule has 0 bridgehead atoms. The van der Waals surface area contributed by atoms with E-state index in [1.165, 1.54) is 0 Å². The highest BCUT2D eigenvalue weighted by Gasteiger charge is 2.13. The minimum Gasteiger partial charge on any atom is -0.323 e. The van der Waals surface area contributed by atoms with Crippen LogP contribution in [0.2, 0.25) is 0 Å². The molecule has 3 rings (SSSR count). The highest BCUT2D eigenvalue weighted by molar-refractivity contribution is 7.18. The summed E-state index contributed by atoms with van der Waals surface area (Å²) < 4.78 is 14.8. The number of non-ortho nitro benzene ring substituents is 1.